The zero-order chi connectivity index (χ0) is 15.8. The number of aromatic nitrogens is 2. The second-order valence-corrected chi connectivity index (χ2v) is 5.47. The number of rotatable bonds is 4. The summed E-state index contributed by atoms with van der Waals surface area (Å²) in [5, 5.41) is 9.65. The summed E-state index contributed by atoms with van der Waals surface area (Å²) in [5.74, 6) is -1.23. The average molecular weight is 370 g/mol. The van der Waals surface area contributed by atoms with Gasteiger partial charge in [0.05, 0.1) is 26.7 Å². The molecule has 0 unspecified atom stereocenters. The zero-order valence-corrected chi connectivity index (χ0v) is 17.2. The van der Waals surface area contributed by atoms with Crippen molar-refractivity contribution in [2.75, 3.05) is 6.61 Å². The third-order valence-electron chi connectivity index (χ3n) is 2.84. The van der Waals surface area contributed by atoms with Gasteiger partial charge in [0.2, 0.25) is 5.82 Å². The molecule has 0 saturated carbocycles. The Morgan fingerprint density at radius 3 is 2.65 bits per heavy atom. The van der Waals surface area contributed by atoms with E-state index in [0.29, 0.717) is 10.8 Å². The normalized spacial score (nSPS) is 23.9. The van der Waals surface area contributed by atoms with E-state index in [1.807, 2.05) is 0 Å². The Balaban J connectivity index is 0.00000242. The monoisotopic (exact) mass is 370 g/mol. The van der Waals surface area contributed by atoms with E-state index in [9.17, 15) is 33.4 Å². The van der Waals surface area contributed by atoms with Gasteiger partial charge in [-0.25, -0.2) is 4.79 Å². The molecule has 1 aromatic rings. The smallest absolute Gasteiger partial charge is 0.790 e. The van der Waals surface area contributed by atoms with Crippen LogP contribution in [0.1, 0.15) is 12.6 Å². The molecule has 1 aliphatic heterocycles. The second-order valence-electron chi connectivity index (χ2n) is 4.32. The van der Waals surface area contributed by atoms with E-state index in [-0.39, 0.29) is 65.5 Å². The van der Waals surface area contributed by atoms with Gasteiger partial charge in [-0.1, -0.05) is 0 Å². The van der Waals surface area contributed by atoms with Crippen LogP contribution >= 0.6 is 7.82 Å². The van der Waals surface area contributed by atoms with Crippen LogP contribution < -0.4 is 80.2 Å². The SMILES string of the molecule is O=c1[nH]c(=O)n([C@H]2C[C@H](O)[C@@H](COP(=O)([O-])[O-])O2)cc1F.[Na+].[Na+]. The molecular weight excluding hydrogens is 360 g/mol. The predicted molar refractivity (Wildman–Crippen MR) is 59.4 cm³/mol. The molecule has 1 aromatic heterocycles. The third-order valence-corrected chi connectivity index (χ3v) is 3.30. The maximum atomic E-state index is 13.1. The van der Waals surface area contributed by atoms with Crippen molar-refractivity contribution >= 4 is 7.82 Å². The van der Waals surface area contributed by atoms with Gasteiger partial charge in [0, 0.05) is 6.42 Å². The van der Waals surface area contributed by atoms with Gasteiger partial charge < -0.3 is 28.7 Å². The van der Waals surface area contributed by atoms with Gasteiger partial charge >= 0.3 is 64.8 Å². The van der Waals surface area contributed by atoms with Gasteiger partial charge in [-0.05, 0) is 0 Å². The first kappa shape index (κ1) is 23.6. The van der Waals surface area contributed by atoms with Crippen molar-refractivity contribution in [3.8, 4) is 0 Å². The number of hydrogen-bond acceptors (Lipinski definition) is 8. The number of aromatic amines is 1. The summed E-state index contributed by atoms with van der Waals surface area (Å²) in [6.07, 6.45) is -3.13. The summed E-state index contributed by atoms with van der Waals surface area (Å²) in [5.41, 5.74) is -2.16. The first-order chi connectivity index (χ1) is 9.67. The Hall–Kier alpha value is 0.640. The average Bonchev–Trinajstić information content (AvgIpc) is 2.72. The maximum Gasteiger partial charge on any atom is 1.00 e. The molecule has 0 bridgehead atoms. The first-order valence-electron chi connectivity index (χ1n) is 5.68. The van der Waals surface area contributed by atoms with E-state index < -0.39 is 49.9 Å². The number of H-pyrrole nitrogens is 1. The molecule has 2 N–H and O–H groups in total. The molecule has 2 heterocycles. The van der Waals surface area contributed by atoms with Crippen LogP contribution in [0.25, 0.3) is 0 Å². The molecule has 14 heteroatoms. The van der Waals surface area contributed by atoms with Crippen molar-refractivity contribution in [2.45, 2.75) is 24.9 Å². The Morgan fingerprint density at radius 1 is 1.48 bits per heavy atom. The molecular formula is C9H10FN2Na2O8P. The number of nitrogens with one attached hydrogen (secondary N) is 1. The second kappa shape index (κ2) is 9.37. The number of nitrogens with zero attached hydrogens (tertiary/aromatic N) is 1. The molecule has 118 valence electrons. The summed E-state index contributed by atoms with van der Waals surface area (Å²) >= 11 is 0. The molecule has 0 aromatic carbocycles. The first-order valence-corrected chi connectivity index (χ1v) is 7.14. The number of halogens is 1. The van der Waals surface area contributed by atoms with Gasteiger partial charge in [-0.3, -0.25) is 14.3 Å². The van der Waals surface area contributed by atoms with Gasteiger partial charge in [0.15, 0.2) is 0 Å². The van der Waals surface area contributed by atoms with Crippen LogP contribution in [-0.2, 0) is 13.8 Å². The van der Waals surface area contributed by atoms with Gasteiger partial charge in [-0.2, -0.15) is 4.39 Å². The molecule has 3 atom stereocenters. The standard InChI is InChI=1S/C9H12FN2O8P.2Na/c10-4-2-12(9(15)11-8(4)14)7-1-5(13)6(20-7)3-19-21(16,17)18;;/h2,5-7,13H,1,3H2,(H,11,14,15)(H2,16,17,18);;/q;2*+1/p-2/t5-,6+,7+;;/m0../s1. The van der Waals surface area contributed by atoms with Gasteiger partial charge in [0.25, 0.3) is 5.56 Å². The molecule has 0 radical (unpaired) electrons. The molecule has 1 saturated heterocycles. The summed E-state index contributed by atoms with van der Waals surface area (Å²) in [7, 11) is -5.23. The summed E-state index contributed by atoms with van der Waals surface area (Å²) in [4.78, 5) is 44.8. The number of aliphatic hydroxyl groups is 1. The fourth-order valence-electron chi connectivity index (χ4n) is 1.88. The zero-order valence-electron chi connectivity index (χ0n) is 12.3. The maximum absolute atomic E-state index is 13.1. The summed E-state index contributed by atoms with van der Waals surface area (Å²) in [6, 6.07) is 0. The third kappa shape index (κ3) is 6.46. The molecule has 0 aliphatic carbocycles. The van der Waals surface area contributed by atoms with Crippen LogP contribution in [0.3, 0.4) is 0 Å². The number of ether oxygens (including phenoxy) is 1. The van der Waals surface area contributed by atoms with Crippen molar-refractivity contribution in [1.82, 2.24) is 9.55 Å². The number of hydrogen-bond donors (Lipinski definition) is 2. The topological polar surface area (TPSA) is 157 Å². The molecule has 0 spiro atoms. The van der Waals surface area contributed by atoms with Crippen LogP contribution in [0.2, 0.25) is 0 Å². The minimum Gasteiger partial charge on any atom is -0.790 e. The van der Waals surface area contributed by atoms with E-state index in [1.165, 1.54) is 0 Å². The Bertz CT molecular complexity index is 691. The van der Waals surface area contributed by atoms with Crippen LogP contribution in [-0.4, -0.2) is 33.5 Å². The van der Waals surface area contributed by atoms with Crippen molar-refractivity contribution in [1.29, 1.82) is 0 Å². The number of phosphoric acid groups is 1. The van der Waals surface area contributed by atoms with Crippen LogP contribution in [0.4, 0.5) is 4.39 Å². The summed E-state index contributed by atoms with van der Waals surface area (Å²) < 4.78 is 33.3. The van der Waals surface area contributed by atoms with E-state index >= 15 is 0 Å². The van der Waals surface area contributed by atoms with Gasteiger partial charge in [0.1, 0.15) is 12.3 Å². The quantitative estimate of drug-likeness (QED) is 0.391. The minimum absolute atomic E-state index is 0. The largest absolute Gasteiger partial charge is 1.00 e. The minimum atomic E-state index is -5.23. The van der Waals surface area contributed by atoms with Crippen LogP contribution in [0.15, 0.2) is 15.8 Å². The molecule has 0 amide bonds. The van der Waals surface area contributed by atoms with Gasteiger partial charge in [-0.15, -0.1) is 0 Å². The fraction of sp³-hybridized carbons (Fsp3) is 0.556. The summed E-state index contributed by atoms with van der Waals surface area (Å²) in [6.45, 7) is -0.734. The number of aliphatic hydroxyl groups excluding tert-OH is 1. The Kier molecular flexibility index (Phi) is 9.63. The Morgan fingerprint density at radius 2 is 2.09 bits per heavy atom. The van der Waals surface area contributed by atoms with Crippen molar-refractivity contribution in [3.05, 3.63) is 32.9 Å². The Labute approximate surface area is 172 Å². The predicted octanol–water partition coefficient (Wildman–Crippen LogP) is -8.82. The van der Waals surface area contributed by atoms with E-state index in [2.05, 4.69) is 4.52 Å². The van der Waals surface area contributed by atoms with Crippen LogP contribution in [0, 0.1) is 5.82 Å². The van der Waals surface area contributed by atoms with E-state index in [4.69, 9.17) is 4.74 Å². The molecule has 2 rings (SSSR count). The molecule has 10 nitrogen and oxygen atoms in total. The fourth-order valence-corrected chi connectivity index (χ4v) is 2.20. The van der Waals surface area contributed by atoms with E-state index in [1.54, 1.807) is 4.98 Å². The molecule has 23 heavy (non-hydrogen) atoms. The van der Waals surface area contributed by atoms with Crippen molar-refractivity contribution in [3.63, 3.8) is 0 Å². The molecule has 1 fully saturated rings. The number of phosphoric ester groups is 1. The van der Waals surface area contributed by atoms with E-state index in [0.717, 1.165) is 0 Å². The molecule has 1 aliphatic rings. The van der Waals surface area contributed by atoms with Crippen LogP contribution in [0.5, 0.6) is 0 Å². The van der Waals surface area contributed by atoms with Crippen molar-refractivity contribution in [2.24, 2.45) is 0 Å². The van der Waals surface area contributed by atoms with Crippen molar-refractivity contribution < 1.29 is 92.2 Å².